The third-order valence-electron chi connectivity index (χ3n) is 2.75. The van der Waals surface area contributed by atoms with Gasteiger partial charge in [0.1, 0.15) is 0 Å². The Morgan fingerprint density at radius 2 is 2.00 bits per heavy atom. The van der Waals surface area contributed by atoms with Crippen LogP contribution < -0.4 is 20.1 Å². The lowest BCUT2D eigenvalue weighted by Crippen LogP contribution is -2.34. The van der Waals surface area contributed by atoms with Gasteiger partial charge in [-0.1, -0.05) is 0 Å². The number of hydrogen-bond acceptors (Lipinski definition) is 5. The first-order valence-corrected chi connectivity index (χ1v) is 7.28. The molecule has 21 heavy (non-hydrogen) atoms. The van der Waals surface area contributed by atoms with Crippen molar-refractivity contribution in [3.05, 3.63) is 22.2 Å². The molecule has 7 heteroatoms. The Morgan fingerprint density at radius 3 is 2.62 bits per heavy atom. The van der Waals surface area contributed by atoms with Gasteiger partial charge in [-0.2, -0.15) is 0 Å². The van der Waals surface area contributed by atoms with E-state index >= 15 is 0 Å². The first-order valence-electron chi connectivity index (χ1n) is 6.49. The second-order valence-corrected chi connectivity index (χ2v) is 5.11. The standard InChI is InChI=1S/C14H21BrN2O4/c1-19-5-4-16-9-13(18)17-8-10-6-11(15)14(21-3)12(7-10)20-2/h6-7,16H,4-5,8-9H2,1-3H3,(H,17,18). The van der Waals surface area contributed by atoms with Crippen LogP contribution in [0.4, 0.5) is 0 Å². The number of carbonyl (C=O) groups is 1. The van der Waals surface area contributed by atoms with Crippen LogP contribution in [0.3, 0.4) is 0 Å². The maximum absolute atomic E-state index is 11.7. The van der Waals surface area contributed by atoms with E-state index in [2.05, 4.69) is 26.6 Å². The van der Waals surface area contributed by atoms with Crippen molar-refractivity contribution in [3.63, 3.8) is 0 Å². The predicted molar refractivity (Wildman–Crippen MR) is 83.8 cm³/mol. The van der Waals surface area contributed by atoms with Crippen molar-refractivity contribution >= 4 is 21.8 Å². The summed E-state index contributed by atoms with van der Waals surface area (Å²) in [5.41, 5.74) is 0.921. The zero-order valence-corrected chi connectivity index (χ0v) is 14.1. The molecule has 1 aromatic rings. The number of carbonyl (C=O) groups excluding carboxylic acids is 1. The summed E-state index contributed by atoms with van der Waals surface area (Å²) in [6, 6.07) is 3.72. The van der Waals surface area contributed by atoms with Gasteiger partial charge in [-0.05, 0) is 33.6 Å². The molecule has 1 rings (SSSR count). The molecule has 6 nitrogen and oxygen atoms in total. The van der Waals surface area contributed by atoms with E-state index in [0.29, 0.717) is 31.2 Å². The minimum absolute atomic E-state index is 0.0722. The summed E-state index contributed by atoms with van der Waals surface area (Å²) in [4.78, 5) is 11.7. The molecular weight excluding hydrogens is 340 g/mol. The molecule has 0 atom stereocenters. The Morgan fingerprint density at radius 1 is 1.24 bits per heavy atom. The van der Waals surface area contributed by atoms with Crippen molar-refractivity contribution < 1.29 is 19.0 Å². The summed E-state index contributed by atoms with van der Waals surface area (Å²) in [7, 11) is 4.78. The molecule has 0 aromatic heterocycles. The Labute approximate surface area is 133 Å². The molecule has 0 saturated heterocycles. The van der Waals surface area contributed by atoms with Crippen LogP contribution in [0.25, 0.3) is 0 Å². The molecule has 0 aliphatic carbocycles. The van der Waals surface area contributed by atoms with E-state index in [1.54, 1.807) is 21.3 Å². The number of amides is 1. The number of hydrogen-bond donors (Lipinski definition) is 2. The number of rotatable bonds is 9. The number of nitrogens with one attached hydrogen (secondary N) is 2. The summed E-state index contributed by atoms with van der Waals surface area (Å²) in [5, 5.41) is 5.82. The molecule has 0 saturated carbocycles. The molecule has 0 unspecified atom stereocenters. The molecule has 2 N–H and O–H groups in total. The third kappa shape index (κ3) is 5.91. The van der Waals surface area contributed by atoms with Gasteiger partial charge in [0.2, 0.25) is 5.91 Å². The van der Waals surface area contributed by atoms with Gasteiger partial charge in [0.25, 0.3) is 0 Å². The smallest absolute Gasteiger partial charge is 0.234 e. The lowest BCUT2D eigenvalue weighted by molar-refractivity contribution is -0.120. The summed E-state index contributed by atoms with van der Waals surface area (Å²) in [6.07, 6.45) is 0. The molecule has 0 heterocycles. The van der Waals surface area contributed by atoms with Gasteiger partial charge in [-0.25, -0.2) is 0 Å². The highest BCUT2D eigenvalue weighted by atomic mass is 79.9. The van der Waals surface area contributed by atoms with Crippen LogP contribution in [0.5, 0.6) is 11.5 Å². The molecule has 0 aliphatic heterocycles. The minimum Gasteiger partial charge on any atom is -0.493 e. The van der Waals surface area contributed by atoms with E-state index in [1.165, 1.54) is 0 Å². The highest BCUT2D eigenvalue weighted by Crippen LogP contribution is 2.36. The molecule has 0 bridgehead atoms. The van der Waals surface area contributed by atoms with Crippen LogP contribution in [-0.4, -0.2) is 46.9 Å². The van der Waals surface area contributed by atoms with Crippen LogP contribution >= 0.6 is 15.9 Å². The van der Waals surface area contributed by atoms with Gasteiger partial charge in [0.05, 0.1) is 31.8 Å². The van der Waals surface area contributed by atoms with Gasteiger partial charge in [0, 0.05) is 20.2 Å². The fourth-order valence-electron chi connectivity index (χ4n) is 1.71. The molecule has 1 amide bonds. The predicted octanol–water partition coefficient (Wildman–Crippen LogP) is 1.32. The largest absolute Gasteiger partial charge is 0.493 e. The average Bonchev–Trinajstić information content (AvgIpc) is 2.48. The van der Waals surface area contributed by atoms with E-state index in [0.717, 1.165) is 10.0 Å². The molecule has 0 radical (unpaired) electrons. The van der Waals surface area contributed by atoms with Gasteiger partial charge < -0.3 is 24.8 Å². The Kier molecular flexibility index (Phi) is 8.11. The van der Waals surface area contributed by atoms with Crippen molar-refractivity contribution in [3.8, 4) is 11.5 Å². The van der Waals surface area contributed by atoms with Gasteiger partial charge in [0.15, 0.2) is 11.5 Å². The van der Waals surface area contributed by atoms with Crippen LogP contribution in [0.15, 0.2) is 16.6 Å². The Balaban J connectivity index is 2.52. The first kappa shape index (κ1) is 17.7. The van der Waals surface area contributed by atoms with Gasteiger partial charge in [-0.15, -0.1) is 0 Å². The average molecular weight is 361 g/mol. The van der Waals surface area contributed by atoms with E-state index in [1.807, 2.05) is 12.1 Å². The van der Waals surface area contributed by atoms with Crippen LogP contribution in [-0.2, 0) is 16.1 Å². The lowest BCUT2D eigenvalue weighted by Gasteiger charge is -2.12. The van der Waals surface area contributed by atoms with Crippen LogP contribution in [0, 0.1) is 0 Å². The van der Waals surface area contributed by atoms with Crippen molar-refractivity contribution in [2.24, 2.45) is 0 Å². The maximum Gasteiger partial charge on any atom is 0.234 e. The highest BCUT2D eigenvalue weighted by molar-refractivity contribution is 9.10. The Hall–Kier alpha value is -1.31. The lowest BCUT2D eigenvalue weighted by atomic mass is 10.2. The normalized spacial score (nSPS) is 10.3. The second-order valence-electron chi connectivity index (χ2n) is 4.26. The van der Waals surface area contributed by atoms with Crippen LogP contribution in [0.1, 0.15) is 5.56 Å². The number of benzene rings is 1. The van der Waals surface area contributed by atoms with E-state index in [4.69, 9.17) is 14.2 Å². The fraction of sp³-hybridized carbons (Fsp3) is 0.500. The fourth-order valence-corrected chi connectivity index (χ4v) is 2.36. The molecular formula is C14H21BrN2O4. The highest BCUT2D eigenvalue weighted by Gasteiger charge is 2.11. The number of methoxy groups -OCH3 is 3. The van der Waals surface area contributed by atoms with Crippen molar-refractivity contribution in [1.29, 1.82) is 0 Å². The van der Waals surface area contributed by atoms with Crippen molar-refractivity contribution in [2.75, 3.05) is 41.0 Å². The maximum atomic E-state index is 11.7. The van der Waals surface area contributed by atoms with Crippen molar-refractivity contribution in [2.45, 2.75) is 6.54 Å². The summed E-state index contributed by atoms with van der Waals surface area (Å²) in [5.74, 6) is 1.18. The van der Waals surface area contributed by atoms with E-state index in [9.17, 15) is 4.79 Å². The Bertz CT molecular complexity index is 469. The zero-order valence-electron chi connectivity index (χ0n) is 12.5. The van der Waals surface area contributed by atoms with E-state index in [-0.39, 0.29) is 12.5 Å². The SMILES string of the molecule is COCCNCC(=O)NCc1cc(Br)c(OC)c(OC)c1. The molecule has 0 fully saturated rings. The second kappa shape index (κ2) is 9.59. The quantitative estimate of drug-likeness (QED) is 0.650. The summed E-state index contributed by atoms with van der Waals surface area (Å²) < 4.78 is 16.2. The zero-order chi connectivity index (χ0) is 15.7. The topological polar surface area (TPSA) is 68.8 Å². The molecule has 1 aromatic carbocycles. The monoisotopic (exact) mass is 360 g/mol. The third-order valence-corrected chi connectivity index (χ3v) is 3.34. The molecule has 0 aliphatic rings. The minimum atomic E-state index is -0.0722. The summed E-state index contributed by atoms with van der Waals surface area (Å²) in [6.45, 7) is 1.91. The summed E-state index contributed by atoms with van der Waals surface area (Å²) >= 11 is 3.42. The number of ether oxygens (including phenoxy) is 3. The molecule has 0 spiro atoms. The number of halogens is 1. The van der Waals surface area contributed by atoms with Gasteiger partial charge in [-0.3, -0.25) is 4.79 Å². The van der Waals surface area contributed by atoms with Crippen LogP contribution in [0.2, 0.25) is 0 Å². The van der Waals surface area contributed by atoms with E-state index < -0.39 is 0 Å². The molecule has 118 valence electrons. The van der Waals surface area contributed by atoms with Gasteiger partial charge >= 0.3 is 0 Å². The van der Waals surface area contributed by atoms with Crippen molar-refractivity contribution in [1.82, 2.24) is 10.6 Å². The first-order chi connectivity index (χ1) is 10.1.